The second kappa shape index (κ2) is 13.3. The standard InChI is InChI=1S/C34H32FN3O4/c35-26-19-17-25(18-20-26)32(39)31(34(41)42)37-30(24-12-5-2-6-13-24)27-14-7-8-15-28(27)36-33(40)29-16-9-21-38(29)22-23-10-3-1-4-11-23/h1-8,10-15,17-20,29,31-32,39H,9,16,21-22H2,(H,36,40)(H,41,42)/t29-,31-,32+/m0/s1. The van der Waals surface area contributed by atoms with Gasteiger partial charge in [-0.05, 0) is 48.7 Å². The molecule has 0 bridgehead atoms. The number of aliphatic carboxylic acids is 1. The van der Waals surface area contributed by atoms with Gasteiger partial charge >= 0.3 is 5.97 Å². The molecule has 0 aliphatic carbocycles. The molecule has 5 rings (SSSR count). The van der Waals surface area contributed by atoms with Crippen LogP contribution in [0, 0.1) is 5.82 Å². The molecule has 1 amide bonds. The summed E-state index contributed by atoms with van der Waals surface area (Å²) < 4.78 is 13.5. The van der Waals surface area contributed by atoms with Crippen molar-refractivity contribution in [2.45, 2.75) is 37.6 Å². The molecule has 1 heterocycles. The zero-order chi connectivity index (χ0) is 29.5. The normalized spacial score (nSPS) is 17.0. The third-order valence-corrected chi connectivity index (χ3v) is 7.41. The highest BCUT2D eigenvalue weighted by atomic mass is 19.1. The van der Waals surface area contributed by atoms with E-state index in [1.165, 1.54) is 12.1 Å². The number of likely N-dealkylation sites (tertiary alicyclic amines) is 1. The molecule has 1 aliphatic rings. The minimum atomic E-state index is -1.59. The van der Waals surface area contributed by atoms with Crippen molar-refractivity contribution < 1.29 is 24.2 Å². The maximum atomic E-state index is 13.6. The van der Waals surface area contributed by atoms with Gasteiger partial charge < -0.3 is 15.5 Å². The first-order chi connectivity index (χ1) is 20.4. The number of aliphatic hydroxyl groups excluding tert-OH is 1. The maximum Gasteiger partial charge on any atom is 0.331 e. The van der Waals surface area contributed by atoms with Crippen LogP contribution in [-0.2, 0) is 16.1 Å². The van der Waals surface area contributed by atoms with Crippen LogP contribution in [0.1, 0.15) is 41.2 Å². The van der Waals surface area contributed by atoms with Gasteiger partial charge in [0.1, 0.15) is 11.9 Å². The van der Waals surface area contributed by atoms with Crippen LogP contribution < -0.4 is 5.32 Å². The molecule has 0 unspecified atom stereocenters. The van der Waals surface area contributed by atoms with Crippen molar-refractivity contribution >= 4 is 23.3 Å². The van der Waals surface area contributed by atoms with Crippen LogP contribution in [0.4, 0.5) is 10.1 Å². The molecule has 1 saturated heterocycles. The molecule has 0 spiro atoms. The number of amides is 1. The highest BCUT2D eigenvalue weighted by Crippen LogP contribution is 2.27. The average molecular weight is 566 g/mol. The van der Waals surface area contributed by atoms with Crippen LogP contribution in [0.3, 0.4) is 0 Å². The molecule has 0 aromatic heterocycles. The van der Waals surface area contributed by atoms with Gasteiger partial charge in [-0.3, -0.25) is 14.7 Å². The van der Waals surface area contributed by atoms with E-state index in [9.17, 15) is 24.2 Å². The Balaban J connectivity index is 1.48. The Bertz CT molecular complexity index is 1540. The van der Waals surface area contributed by atoms with Gasteiger partial charge in [-0.1, -0.05) is 91.0 Å². The summed E-state index contributed by atoms with van der Waals surface area (Å²) in [6.07, 6.45) is 0.101. The number of rotatable bonds is 10. The van der Waals surface area contributed by atoms with Gasteiger partial charge in [-0.2, -0.15) is 0 Å². The Kier molecular flexibility index (Phi) is 9.16. The van der Waals surface area contributed by atoms with Gasteiger partial charge in [0.25, 0.3) is 0 Å². The predicted molar refractivity (Wildman–Crippen MR) is 160 cm³/mol. The lowest BCUT2D eigenvalue weighted by Crippen LogP contribution is -2.39. The fraction of sp³-hybridized carbons (Fsp3) is 0.206. The number of carbonyl (C=O) groups is 2. The summed E-state index contributed by atoms with van der Waals surface area (Å²) in [4.78, 5) is 32.7. The fourth-order valence-electron chi connectivity index (χ4n) is 5.28. The summed E-state index contributed by atoms with van der Waals surface area (Å²) in [6, 6.07) is 29.2. The van der Waals surface area contributed by atoms with Gasteiger partial charge in [-0.25, -0.2) is 9.18 Å². The van der Waals surface area contributed by atoms with Crippen LogP contribution in [0.25, 0.3) is 0 Å². The SMILES string of the molecule is O=C(O)[C@@H](N=C(c1ccccc1)c1ccccc1NC(=O)[C@@H]1CCCN1Cc1ccccc1)[C@H](O)c1ccc(F)cc1. The number of carboxylic acid groups (broad SMARTS) is 1. The molecular formula is C34H32FN3O4. The smallest absolute Gasteiger partial charge is 0.331 e. The number of aliphatic hydroxyl groups is 1. The minimum Gasteiger partial charge on any atom is -0.480 e. The number of para-hydroxylation sites is 1. The summed E-state index contributed by atoms with van der Waals surface area (Å²) in [5.41, 5.74) is 3.27. The number of benzene rings is 4. The van der Waals surface area contributed by atoms with Crippen molar-refractivity contribution in [3.8, 4) is 0 Å². The summed E-state index contributed by atoms with van der Waals surface area (Å²) in [5, 5.41) is 24.2. The first-order valence-electron chi connectivity index (χ1n) is 13.9. The topological polar surface area (TPSA) is 102 Å². The van der Waals surface area contributed by atoms with Crippen molar-refractivity contribution in [1.82, 2.24) is 4.90 Å². The molecule has 1 aliphatic heterocycles. The molecule has 0 saturated carbocycles. The van der Waals surface area contributed by atoms with Crippen molar-refractivity contribution in [3.05, 3.63) is 137 Å². The predicted octanol–water partition coefficient (Wildman–Crippen LogP) is 5.45. The number of carbonyl (C=O) groups excluding carboxylic acids is 1. The highest BCUT2D eigenvalue weighted by Gasteiger charge is 2.32. The zero-order valence-corrected chi connectivity index (χ0v) is 22.9. The van der Waals surface area contributed by atoms with Gasteiger partial charge in [0.15, 0.2) is 6.04 Å². The van der Waals surface area contributed by atoms with Crippen LogP contribution in [0.2, 0.25) is 0 Å². The van der Waals surface area contributed by atoms with E-state index in [2.05, 4.69) is 15.2 Å². The van der Waals surface area contributed by atoms with Crippen molar-refractivity contribution in [3.63, 3.8) is 0 Å². The van der Waals surface area contributed by atoms with Crippen LogP contribution in [-0.4, -0.2) is 51.3 Å². The monoisotopic (exact) mass is 565 g/mol. The lowest BCUT2D eigenvalue weighted by atomic mass is 9.98. The van der Waals surface area contributed by atoms with Crippen LogP contribution >= 0.6 is 0 Å². The summed E-state index contributed by atoms with van der Waals surface area (Å²) in [5.74, 6) is -1.99. The lowest BCUT2D eigenvalue weighted by Gasteiger charge is -2.24. The van der Waals surface area contributed by atoms with E-state index in [0.29, 0.717) is 29.1 Å². The van der Waals surface area contributed by atoms with Crippen LogP contribution in [0.5, 0.6) is 0 Å². The Labute approximate surface area is 244 Å². The van der Waals surface area contributed by atoms with Gasteiger partial charge in [-0.15, -0.1) is 0 Å². The molecule has 3 N–H and O–H groups in total. The molecular weight excluding hydrogens is 533 g/mol. The number of nitrogens with zero attached hydrogens (tertiary/aromatic N) is 2. The third-order valence-electron chi connectivity index (χ3n) is 7.41. The van der Waals surface area contributed by atoms with Crippen molar-refractivity contribution in [1.29, 1.82) is 0 Å². The van der Waals surface area contributed by atoms with E-state index < -0.39 is 23.9 Å². The second-order valence-corrected chi connectivity index (χ2v) is 10.3. The average Bonchev–Trinajstić information content (AvgIpc) is 3.47. The Morgan fingerprint density at radius 2 is 1.55 bits per heavy atom. The van der Waals surface area contributed by atoms with E-state index in [0.717, 1.165) is 37.1 Å². The highest BCUT2D eigenvalue weighted by molar-refractivity contribution is 6.17. The first-order valence-corrected chi connectivity index (χ1v) is 13.9. The van der Waals surface area contributed by atoms with E-state index in [4.69, 9.17) is 0 Å². The first kappa shape index (κ1) is 28.9. The maximum absolute atomic E-state index is 13.6. The van der Waals surface area contributed by atoms with Crippen molar-refractivity contribution in [2.75, 3.05) is 11.9 Å². The van der Waals surface area contributed by atoms with E-state index in [1.807, 2.05) is 36.4 Å². The third kappa shape index (κ3) is 6.79. The summed E-state index contributed by atoms with van der Waals surface area (Å²) >= 11 is 0. The van der Waals surface area contributed by atoms with E-state index in [1.54, 1.807) is 48.5 Å². The fourth-order valence-corrected chi connectivity index (χ4v) is 5.28. The minimum absolute atomic E-state index is 0.149. The Morgan fingerprint density at radius 3 is 2.24 bits per heavy atom. The van der Waals surface area contributed by atoms with Gasteiger partial charge in [0, 0.05) is 17.7 Å². The summed E-state index contributed by atoms with van der Waals surface area (Å²) in [7, 11) is 0. The molecule has 7 nitrogen and oxygen atoms in total. The Morgan fingerprint density at radius 1 is 0.905 bits per heavy atom. The molecule has 42 heavy (non-hydrogen) atoms. The number of nitrogens with one attached hydrogen (secondary N) is 1. The largest absolute Gasteiger partial charge is 0.480 e. The molecule has 214 valence electrons. The molecule has 1 fully saturated rings. The lowest BCUT2D eigenvalue weighted by molar-refractivity contribution is -0.141. The number of hydrogen-bond acceptors (Lipinski definition) is 5. The molecule has 4 aromatic carbocycles. The second-order valence-electron chi connectivity index (χ2n) is 10.3. The van der Waals surface area contributed by atoms with Crippen molar-refractivity contribution in [2.24, 2.45) is 4.99 Å². The number of carboxylic acids is 1. The number of hydrogen-bond donors (Lipinski definition) is 3. The number of anilines is 1. The van der Waals surface area contributed by atoms with E-state index in [-0.39, 0.29) is 17.5 Å². The molecule has 8 heteroatoms. The van der Waals surface area contributed by atoms with Gasteiger partial charge in [0.2, 0.25) is 5.91 Å². The van der Waals surface area contributed by atoms with E-state index >= 15 is 0 Å². The molecule has 4 aromatic rings. The van der Waals surface area contributed by atoms with Gasteiger partial charge in [0.05, 0.1) is 17.4 Å². The van der Waals surface area contributed by atoms with Crippen LogP contribution in [0.15, 0.2) is 114 Å². The summed E-state index contributed by atoms with van der Waals surface area (Å²) in [6.45, 7) is 1.48. The molecule has 3 atom stereocenters. The zero-order valence-electron chi connectivity index (χ0n) is 22.9. The number of aliphatic imine (C=N–C) groups is 1. The Hall–Kier alpha value is -4.66. The number of halogens is 1. The molecule has 0 radical (unpaired) electrons. The quantitative estimate of drug-likeness (QED) is 0.222.